The molecule has 0 aliphatic carbocycles. The van der Waals surface area contributed by atoms with E-state index in [4.69, 9.17) is 5.11 Å². The van der Waals surface area contributed by atoms with E-state index in [1.807, 2.05) is 13.0 Å². The van der Waals surface area contributed by atoms with Crippen molar-refractivity contribution < 1.29 is 9.90 Å². The lowest BCUT2D eigenvalue weighted by atomic mass is 10.1. The second kappa shape index (κ2) is 4.97. The van der Waals surface area contributed by atoms with E-state index in [0.717, 1.165) is 12.0 Å². The van der Waals surface area contributed by atoms with E-state index >= 15 is 0 Å². The number of aryl methyl sites for hydroxylation is 1. The molecule has 64 valence electrons. The van der Waals surface area contributed by atoms with Gasteiger partial charge in [-0.1, -0.05) is 19.1 Å². The second-order valence-electron chi connectivity index (χ2n) is 2.36. The molecular formula is C9H13AlO2. The molecular weight excluding hydrogens is 167 g/mol. The van der Waals surface area contributed by atoms with Crippen LogP contribution in [-0.2, 0) is 6.42 Å². The summed E-state index contributed by atoms with van der Waals surface area (Å²) in [4.78, 5) is 10.5. The molecule has 0 aliphatic rings. The molecule has 1 aromatic rings. The Hall–Kier alpha value is -0.778. The highest BCUT2D eigenvalue weighted by molar-refractivity contribution is 5.87. The lowest BCUT2D eigenvalue weighted by molar-refractivity contribution is 0.0697. The number of carboxylic acids is 1. The van der Waals surface area contributed by atoms with E-state index in [1.54, 1.807) is 18.2 Å². The van der Waals surface area contributed by atoms with Crippen LogP contribution < -0.4 is 0 Å². The van der Waals surface area contributed by atoms with Crippen LogP contribution in [0.2, 0.25) is 0 Å². The summed E-state index contributed by atoms with van der Waals surface area (Å²) >= 11 is 0. The molecule has 0 saturated heterocycles. The average Bonchev–Trinajstić information content (AvgIpc) is 2.05. The van der Waals surface area contributed by atoms with Gasteiger partial charge < -0.3 is 5.11 Å². The van der Waals surface area contributed by atoms with E-state index in [9.17, 15) is 4.79 Å². The van der Waals surface area contributed by atoms with Gasteiger partial charge in [0, 0.05) is 0 Å². The van der Waals surface area contributed by atoms with Gasteiger partial charge in [-0.3, -0.25) is 0 Å². The topological polar surface area (TPSA) is 37.3 Å². The highest BCUT2D eigenvalue weighted by Crippen LogP contribution is 2.05. The molecule has 0 aromatic heterocycles. The van der Waals surface area contributed by atoms with Crippen LogP contribution in [0.15, 0.2) is 24.3 Å². The monoisotopic (exact) mass is 180 g/mol. The Morgan fingerprint density at radius 3 is 2.67 bits per heavy atom. The molecule has 1 rings (SSSR count). The summed E-state index contributed by atoms with van der Waals surface area (Å²) in [6.07, 6.45) is 0.876. The first-order valence-electron chi connectivity index (χ1n) is 3.56. The third kappa shape index (κ3) is 2.69. The number of carbonyl (C=O) groups is 1. The van der Waals surface area contributed by atoms with Crippen LogP contribution >= 0.6 is 0 Å². The smallest absolute Gasteiger partial charge is 0.335 e. The normalized spacial score (nSPS) is 8.75. The van der Waals surface area contributed by atoms with Gasteiger partial charge in [-0.05, 0) is 24.1 Å². The van der Waals surface area contributed by atoms with Crippen LogP contribution in [0.1, 0.15) is 22.8 Å². The van der Waals surface area contributed by atoms with Gasteiger partial charge in [-0.15, -0.1) is 0 Å². The predicted molar refractivity (Wildman–Crippen MR) is 52.7 cm³/mol. The van der Waals surface area contributed by atoms with Gasteiger partial charge in [-0.2, -0.15) is 0 Å². The Morgan fingerprint density at radius 1 is 1.50 bits per heavy atom. The van der Waals surface area contributed by atoms with Crippen molar-refractivity contribution in [3.8, 4) is 0 Å². The summed E-state index contributed by atoms with van der Waals surface area (Å²) in [5.41, 5.74) is 1.43. The molecule has 1 aromatic carbocycles. The van der Waals surface area contributed by atoms with E-state index < -0.39 is 5.97 Å². The van der Waals surface area contributed by atoms with Crippen molar-refractivity contribution in [2.24, 2.45) is 0 Å². The number of benzene rings is 1. The van der Waals surface area contributed by atoms with Crippen LogP contribution in [0, 0.1) is 0 Å². The number of rotatable bonds is 2. The minimum absolute atomic E-state index is 0. The third-order valence-corrected chi connectivity index (χ3v) is 1.58. The van der Waals surface area contributed by atoms with Crippen molar-refractivity contribution in [1.29, 1.82) is 0 Å². The quantitative estimate of drug-likeness (QED) is 0.682. The zero-order valence-electron chi connectivity index (χ0n) is 6.37. The highest BCUT2D eigenvalue weighted by Gasteiger charge is 2.00. The fourth-order valence-corrected chi connectivity index (χ4v) is 0.924. The van der Waals surface area contributed by atoms with Crippen molar-refractivity contribution >= 4 is 23.3 Å². The van der Waals surface area contributed by atoms with Gasteiger partial charge in [0.25, 0.3) is 0 Å². The minimum atomic E-state index is -0.861. The Bertz CT molecular complexity index is 271. The number of hydrogen-bond acceptors (Lipinski definition) is 1. The largest absolute Gasteiger partial charge is 0.478 e. The molecule has 0 bridgehead atoms. The first-order valence-corrected chi connectivity index (χ1v) is 3.56. The first-order chi connectivity index (χ1) is 5.24. The van der Waals surface area contributed by atoms with Crippen molar-refractivity contribution in [1.82, 2.24) is 0 Å². The molecule has 0 amide bonds. The molecule has 0 spiro atoms. The predicted octanol–water partition coefficient (Wildman–Crippen LogP) is 0.763. The van der Waals surface area contributed by atoms with E-state index in [-0.39, 0.29) is 17.4 Å². The van der Waals surface area contributed by atoms with Gasteiger partial charge >= 0.3 is 5.97 Å². The van der Waals surface area contributed by atoms with Crippen LogP contribution in [0.3, 0.4) is 0 Å². The zero-order chi connectivity index (χ0) is 8.27. The summed E-state index contributed by atoms with van der Waals surface area (Å²) in [7, 11) is 0. The summed E-state index contributed by atoms with van der Waals surface area (Å²) in [6.45, 7) is 2.00. The van der Waals surface area contributed by atoms with Crippen molar-refractivity contribution in [3.63, 3.8) is 0 Å². The summed E-state index contributed by atoms with van der Waals surface area (Å²) in [5, 5.41) is 8.60. The maximum Gasteiger partial charge on any atom is 0.335 e. The summed E-state index contributed by atoms with van der Waals surface area (Å²) in [6, 6.07) is 6.98. The molecule has 0 saturated carbocycles. The Morgan fingerprint density at radius 2 is 2.17 bits per heavy atom. The van der Waals surface area contributed by atoms with Crippen molar-refractivity contribution in [2.45, 2.75) is 13.3 Å². The average molecular weight is 180 g/mol. The SMILES string of the molecule is CCc1cccc(C(=O)O)c1.[AlH3]. The highest BCUT2D eigenvalue weighted by atomic mass is 27.0. The Kier molecular flexibility index (Phi) is 4.65. The summed E-state index contributed by atoms with van der Waals surface area (Å²) in [5.74, 6) is -0.861. The Balaban J connectivity index is 0.00000121. The van der Waals surface area contributed by atoms with Crippen molar-refractivity contribution in [2.75, 3.05) is 0 Å². The van der Waals surface area contributed by atoms with E-state index in [2.05, 4.69) is 0 Å². The minimum Gasteiger partial charge on any atom is -0.478 e. The molecule has 0 heterocycles. The van der Waals surface area contributed by atoms with E-state index in [1.165, 1.54) is 0 Å². The zero-order valence-corrected chi connectivity index (χ0v) is 6.37. The molecule has 12 heavy (non-hydrogen) atoms. The van der Waals surface area contributed by atoms with E-state index in [0.29, 0.717) is 5.56 Å². The van der Waals surface area contributed by atoms with Crippen LogP contribution in [0.5, 0.6) is 0 Å². The molecule has 2 nitrogen and oxygen atoms in total. The van der Waals surface area contributed by atoms with Gasteiger partial charge in [0.05, 0.1) is 5.56 Å². The standard InChI is InChI=1S/C9H10O2.Al.3H/c1-2-7-4-3-5-8(6-7)9(10)11;;;;/h3-6H,2H2,1H3,(H,10,11);;;;. The number of aromatic carboxylic acids is 1. The summed E-state index contributed by atoms with van der Waals surface area (Å²) < 4.78 is 0. The molecule has 0 unspecified atom stereocenters. The van der Waals surface area contributed by atoms with Gasteiger partial charge in [0.1, 0.15) is 0 Å². The van der Waals surface area contributed by atoms with Crippen LogP contribution in [-0.4, -0.2) is 28.4 Å². The Labute approximate surface area is 82.4 Å². The van der Waals surface area contributed by atoms with Gasteiger partial charge in [-0.25, -0.2) is 4.79 Å². The fourth-order valence-electron chi connectivity index (χ4n) is 0.924. The molecule has 0 radical (unpaired) electrons. The van der Waals surface area contributed by atoms with Gasteiger partial charge in [0.15, 0.2) is 17.4 Å². The van der Waals surface area contributed by atoms with Crippen molar-refractivity contribution in [3.05, 3.63) is 35.4 Å². The van der Waals surface area contributed by atoms with Gasteiger partial charge in [0.2, 0.25) is 0 Å². The molecule has 0 aliphatic heterocycles. The van der Waals surface area contributed by atoms with Crippen LogP contribution in [0.4, 0.5) is 0 Å². The molecule has 3 heteroatoms. The lowest BCUT2D eigenvalue weighted by Gasteiger charge is -1.97. The third-order valence-electron chi connectivity index (χ3n) is 1.58. The molecule has 1 N–H and O–H groups in total. The second-order valence-corrected chi connectivity index (χ2v) is 2.36. The fraction of sp³-hybridized carbons (Fsp3) is 0.222. The molecule has 0 atom stereocenters. The maximum absolute atomic E-state index is 10.5. The maximum atomic E-state index is 10.5. The molecule has 0 fully saturated rings. The number of hydrogen-bond donors (Lipinski definition) is 1. The first kappa shape index (κ1) is 11.2. The van der Waals surface area contributed by atoms with Crippen LogP contribution in [0.25, 0.3) is 0 Å². The lowest BCUT2D eigenvalue weighted by Crippen LogP contribution is -1.96. The number of carboxylic acid groups (broad SMARTS) is 1.